The summed E-state index contributed by atoms with van der Waals surface area (Å²) in [4.78, 5) is 16.9. The van der Waals surface area contributed by atoms with Crippen LogP contribution in [-0.4, -0.2) is 25.3 Å². The summed E-state index contributed by atoms with van der Waals surface area (Å²) in [5.74, 6) is -0.111. The molecular formula is C15H16N2O2. The highest BCUT2D eigenvalue weighted by Gasteiger charge is 2.07. The third-order valence-corrected chi connectivity index (χ3v) is 2.67. The second-order valence-electron chi connectivity index (χ2n) is 3.94. The lowest BCUT2D eigenvalue weighted by Gasteiger charge is -2.06. The highest BCUT2D eigenvalue weighted by Crippen LogP contribution is 2.18. The fourth-order valence-corrected chi connectivity index (χ4v) is 1.82. The topological polar surface area (TPSA) is 50.7 Å². The van der Waals surface area contributed by atoms with Gasteiger partial charge in [-0.25, -0.2) is 0 Å². The quantitative estimate of drug-likeness (QED) is 0.660. The van der Waals surface area contributed by atoms with E-state index in [1.54, 1.807) is 0 Å². The maximum absolute atomic E-state index is 12.1. The predicted octanol–water partition coefficient (Wildman–Crippen LogP) is 2.59. The van der Waals surface area contributed by atoms with Gasteiger partial charge in [-0.2, -0.15) is 0 Å². The Bertz CT molecular complexity index is 588. The van der Waals surface area contributed by atoms with Gasteiger partial charge < -0.3 is 10.2 Å². The Labute approximate surface area is 112 Å². The summed E-state index contributed by atoms with van der Waals surface area (Å²) in [6.45, 7) is 2.72. The monoisotopic (exact) mass is 256 g/mol. The van der Waals surface area contributed by atoms with E-state index in [9.17, 15) is 4.79 Å². The van der Waals surface area contributed by atoms with Crippen LogP contribution in [0.25, 0.3) is 10.8 Å². The Balaban J connectivity index is 2.09. The third-order valence-electron chi connectivity index (χ3n) is 2.67. The van der Waals surface area contributed by atoms with Crippen molar-refractivity contribution in [3.8, 4) is 0 Å². The SMILES string of the molecule is CCON=CCNC(=O)c1cccc2ccccc12. The van der Waals surface area contributed by atoms with E-state index in [0.29, 0.717) is 18.7 Å². The van der Waals surface area contributed by atoms with Crippen molar-refractivity contribution in [3.05, 3.63) is 48.0 Å². The number of hydrogen-bond acceptors (Lipinski definition) is 3. The molecule has 1 amide bonds. The van der Waals surface area contributed by atoms with Crippen LogP contribution >= 0.6 is 0 Å². The number of carbonyl (C=O) groups excluding carboxylic acids is 1. The number of nitrogens with zero attached hydrogens (tertiary/aromatic N) is 1. The van der Waals surface area contributed by atoms with E-state index >= 15 is 0 Å². The van der Waals surface area contributed by atoms with Gasteiger partial charge in [0.2, 0.25) is 0 Å². The van der Waals surface area contributed by atoms with Crippen molar-refractivity contribution < 1.29 is 9.63 Å². The second kappa shape index (κ2) is 6.54. The summed E-state index contributed by atoms with van der Waals surface area (Å²) < 4.78 is 0. The molecule has 0 aliphatic heterocycles. The summed E-state index contributed by atoms with van der Waals surface area (Å²) in [6.07, 6.45) is 1.53. The molecule has 19 heavy (non-hydrogen) atoms. The summed E-state index contributed by atoms with van der Waals surface area (Å²) in [5, 5.41) is 8.46. The van der Waals surface area contributed by atoms with E-state index in [2.05, 4.69) is 10.5 Å². The Morgan fingerprint density at radius 2 is 2.05 bits per heavy atom. The number of oxime groups is 1. The van der Waals surface area contributed by atoms with Gasteiger partial charge in [0.25, 0.3) is 5.91 Å². The van der Waals surface area contributed by atoms with Crippen LogP contribution < -0.4 is 5.32 Å². The zero-order valence-corrected chi connectivity index (χ0v) is 10.8. The molecule has 4 nitrogen and oxygen atoms in total. The van der Waals surface area contributed by atoms with Gasteiger partial charge in [-0.15, -0.1) is 0 Å². The largest absolute Gasteiger partial charge is 0.396 e. The average Bonchev–Trinajstić information content (AvgIpc) is 2.46. The molecule has 4 heteroatoms. The van der Waals surface area contributed by atoms with E-state index in [4.69, 9.17) is 4.84 Å². The summed E-state index contributed by atoms with van der Waals surface area (Å²) in [7, 11) is 0. The molecule has 0 aliphatic rings. The number of amides is 1. The van der Waals surface area contributed by atoms with Crippen LogP contribution in [0.3, 0.4) is 0 Å². The molecule has 0 radical (unpaired) electrons. The Morgan fingerprint density at radius 3 is 2.89 bits per heavy atom. The Morgan fingerprint density at radius 1 is 1.26 bits per heavy atom. The molecule has 0 heterocycles. The maximum atomic E-state index is 12.1. The molecule has 0 aliphatic carbocycles. The van der Waals surface area contributed by atoms with E-state index in [1.165, 1.54) is 6.21 Å². The molecule has 2 rings (SSSR count). The van der Waals surface area contributed by atoms with Crippen LogP contribution in [0.1, 0.15) is 17.3 Å². The first-order valence-electron chi connectivity index (χ1n) is 6.22. The number of benzene rings is 2. The third kappa shape index (κ3) is 3.31. The van der Waals surface area contributed by atoms with Gasteiger partial charge in [0.15, 0.2) is 0 Å². The number of rotatable bonds is 5. The lowest BCUT2D eigenvalue weighted by molar-refractivity contribution is 0.0960. The standard InChI is InChI=1S/C15H16N2O2/c1-2-19-17-11-10-16-15(18)14-9-5-7-12-6-3-4-8-13(12)14/h3-9,11H,2,10H2,1H3,(H,16,18). The second-order valence-corrected chi connectivity index (χ2v) is 3.94. The number of fused-ring (bicyclic) bond motifs is 1. The minimum absolute atomic E-state index is 0.111. The molecule has 0 atom stereocenters. The molecule has 0 saturated carbocycles. The van der Waals surface area contributed by atoms with Crippen molar-refractivity contribution in [1.82, 2.24) is 5.32 Å². The van der Waals surface area contributed by atoms with Crippen molar-refractivity contribution in [3.63, 3.8) is 0 Å². The van der Waals surface area contributed by atoms with Gasteiger partial charge in [0, 0.05) is 5.56 Å². The van der Waals surface area contributed by atoms with Crippen molar-refractivity contribution in [2.24, 2.45) is 5.16 Å². The molecule has 1 N–H and O–H groups in total. The minimum atomic E-state index is -0.111. The average molecular weight is 256 g/mol. The number of hydrogen-bond donors (Lipinski definition) is 1. The predicted molar refractivity (Wildman–Crippen MR) is 76.4 cm³/mol. The lowest BCUT2D eigenvalue weighted by atomic mass is 10.0. The zero-order chi connectivity index (χ0) is 13.5. The van der Waals surface area contributed by atoms with Crippen LogP contribution in [0.5, 0.6) is 0 Å². The highest BCUT2D eigenvalue weighted by molar-refractivity contribution is 6.07. The van der Waals surface area contributed by atoms with Crippen molar-refractivity contribution in [2.45, 2.75) is 6.92 Å². The van der Waals surface area contributed by atoms with Gasteiger partial charge in [-0.3, -0.25) is 4.79 Å². The molecule has 0 saturated heterocycles. The van der Waals surface area contributed by atoms with Crippen LogP contribution in [-0.2, 0) is 4.84 Å². The fraction of sp³-hybridized carbons (Fsp3) is 0.200. The Kier molecular flexibility index (Phi) is 4.50. The number of nitrogens with one attached hydrogen (secondary N) is 1. The van der Waals surface area contributed by atoms with Crippen molar-refractivity contribution in [2.75, 3.05) is 13.2 Å². The molecule has 2 aromatic rings. The van der Waals surface area contributed by atoms with E-state index in [1.807, 2.05) is 49.4 Å². The molecule has 0 spiro atoms. The highest BCUT2D eigenvalue weighted by atomic mass is 16.6. The molecule has 2 aromatic carbocycles. The molecule has 98 valence electrons. The molecule has 0 unspecified atom stereocenters. The van der Waals surface area contributed by atoms with E-state index in [-0.39, 0.29) is 5.91 Å². The summed E-state index contributed by atoms with van der Waals surface area (Å²) in [6, 6.07) is 13.5. The molecule has 0 fully saturated rings. The lowest BCUT2D eigenvalue weighted by Crippen LogP contribution is -2.25. The molecular weight excluding hydrogens is 240 g/mol. The van der Waals surface area contributed by atoms with Gasteiger partial charge in [-0.1, -0.05) is 41.6 Å². The van der Waals surface area contributed by atoms with E-state index < -0.39 is 0 Å². The zero-order valence-electron chi connectivity index (χ0n) is 10.8. The fourth-order valence-electron chi connectivity index (χ4n) is 1.82. The molecule has 0 bridgehead atoms. The van der Waals surface area contributed by atoms with E-state index in [0.717, 1.165) is 10.8 Å². The minimum Gasteiger partial charge on any atom is -0.396 e. The summed E-state index contributed by atoms with van der Waals surface area (Å²) >= 11 is 0. The van der Waals surface area contributed by atoms with Crippen LogP contribution in [0.4, 0.5) is 0 Å². The van der Waals surface area contributed by atoms with Crippen LogP contribution in [0.2, 0.25) is 0 Å². The normalized spacial score (nSPS) is 10.8. The number of carbonyl (C=O) groups is 1. The first kappa shape index (κ1) is 13.1. The van der Waals surface area contributed by atoms with Gasteiger partial charge in [-0.05, 0) is 23.8 Å². The Hall–Kier alpha value is -2.36. The first-order valence-corrected chi connectivity index (χ1v) is 6.22. The smallest absolute Gasteiger partial charge is 0.252 e. The van der Waals surface area contributed by atoms with Crippen LogP contribution in [0, 0.1) is 0 Å². The van der Waals surface area contributed by atoms with Crippen molar-refractivity contribution in [1.29, 1.82) is 0 Å². The molecule has 0 aromatic heterocycles. The van der Waals surface area contributed by atoms with Gasteiger partial charge in [0.05, 0.1) is 12.8 Å². The van der Waals surface area contributed by atoms with Crippen molar-refractivity contribution >= 4 is 22.9 Å². The van der Waals surface area contributed by atoms with Gasteiger partial charge >= 0.3 is 0 Å². The van der Waals surface area contributed by atoms with Crippen LogP contribution in [0.15, 0.2) is 47.6 Å². The summed E-state index contributed by atoms with van der Waals surface area (Å²) in [5.41, 5.74) is 0.669. The maximum Gasteiger partial charge on any atom is 0.252 e. The first-order chi connectivity index (χ1) is 9.33. The van der Waals surface area contributed by atoms with Gasteiger partial charge in [0.1, 0.15) is 6.61 Å².